The molecule has 1 aliphatic carbocycles. The standard InChI is InChI=1S/C19H23F3N6O/c1-11(9-13-7-8-13)23-17-26-16(27-18(28-17)24-12(2)10-29-3)14-5-4-6-15(25-14)19(20,21)22/h4-6,9,12-13H,7-8,10H2,1-3H3,(H2,23,24,26,27,28). The van der Waals surface area contributed by atoms with E-state index in [-0.39, 0.29) is 29.5 Å². The number of aromatic nitrogens is 4. The highest BCUT2D eigenvalue weighted by Crippen LogP contribution is 2.31. The van der Waals surface area contributed by atoms with E-state index < -0.39 is 11.9 Å². The number of ether oxygens (including phenoxy) is 1. The summed E-state index contributed by atoms with van der Waals surface area (Å²) >= 11 is 0. The number of rotatable bonds is 8. The maximum absolute atomic E-state index is 13.0. The first kappa shape index (κ1) is 21.0. The van der Waals surface area contributed by atoms with Crippen molar-refractivity contribution in [2.45, 2.75) is 38.9 Å². The molecule has 1 fully saturated rings. The molecular formula is C19H23F3N6O. The van der Waals surface area contributed by atoms with Crippen molar-refractivity contribution in [2.75, 3.05) is 24.4 Å². The first-order chi connectivity index (χ1) is 13.7. The number of halogens is 3. The Hall–Kier alpha value is -2.75. The summed E-state index contributed by atoms with van der Waals surface area (Å²) in [7, 11) is 1.57. The van der Waals surface area contributed by atoms with Crippen LogP contribution in [0.2, 0.25) is 0 Å². The number of methoxy groups -OCH3 is 1. The fraction of sp³-hybridized carbons (Fsp3) is 0.474. The second-order valence-corrected chi connectivity index (χ2v) is 7.02. The molecule has 1 atom stereocenters. The normalized spacial score (nSPS) is 15.9. The van der Waals surface area contributed by atoms with E-state index in [4.69, 9.17) is 4.74 Å². The zero-order chi connectivity index (χ0) is 21.0. The largest absolute Gasteiger partial charge is 0.433 e. The van der Waals surface area contributed by atoms with Crippen molar-refractivity contribution in [3.8, 4) is 11.5 Å². The minimum Gasteiger partial charge on any atom is -0.383 e. The summed E-state index contributed by atoms with van der Waals surface area (Å²) in [5.74, 6) is 1.05. The topological polar surface area (TPSA) is 84.9 Å². The first-order valence-corrected chi connectivity index (χ1v) is 9.26. The zero-order valence-corrected chi connectivity index (χ0v) is 16.4. The molecule has 156 valence electrons. The van der Waals surface area contributed by atoms with Gasteiger partial charge in [-0.05, 0) is 44.7 Å². The Kier molecular flexibility index (Phi) is 6.31. The van der Waals surface area contributed by atoms with Gasteiger partial charge in [-0.3, -0.25) is 0 Å². The molecule has 1 aliphatic rings. The summed E-state index contributed by atoms with van der Waals surface area (Å²) in [5, 5.41) is 6.16. The lowest BCUT2D eigenvalue weighted by molar-refractivity contribution is -0.141. The maximum atomic E-state index is 13.0. The van der Waals surface area contributed by atoms with E-state index in [9.17, 15) is 13.2 Å². The van der Waals surface area contributed by atoms with E-state index in [0.29, 0.717) is 12.5 Å². The minimum atomic E-state index is -4.55. The molecule has 0 aliphatic heterocycles. The number of anilines is 2. The van der Waals surface area contributed by atoms with Crippen LogP contribution >= 0.6 is 0 Å². The third-order valence-corrected chi connectivity index (χ3v) is 4.11. The number of hydrogen-bond donors (Lipinski definition) is 2. The molecule has 1 saturated carbocycles. The van der Waals surface area contributed by atoms with E-state index in [2.05, 4.69) is 36.6 Å². The molecule has 7 nitrogen and oxygen atoms in total. The number of pyridine rings is 1. The van der Waals surface area contributed by atoms with Gasteiger partial charge in [0.25, 0.3) is 0 Å². The Morgan fingerprint density at radius 2 is 1.93 bits per heavy atom. The van der Waals surface area contributed by atoms with Gasteiger partial charge in [0.05, 0.1) is 6.61 Å². The Morgan fingerprint density at radius 1 is 1.21 bits per heavy atom. The van der Waals surface area contributed by atoms with E-state index >= 15 is 0 Å². The summed E-state index contributed by atoms with van der Waals surface area (Å²) in [6, 6.07) is 3.51. The van der Waals surface area contributed by atoms with Crippen LogP contribution in [0.1, 0.15) is 32.4 Å². The van der Waals surface area contributed by atoms with Crippen LogP contribution in [0.4, 0.5) is 25.1 Å². The van der Waals surface area contributed by atoms with Crippen LogP contribution in [0.15, 0.2) is 30.0 Å². The highest BCUT2D eigenvalue weighted by Gasteiger charge is 2.32. The Labute approximate surface area is 166 Å². The van der Waals surface area contributed by atoms with Gasteiger partial charge in [-0.2, -0.15) is 28.1 Å². The number of nitrogens with one attached hydrogen (secondary N) is 2. The molecule has 0 bridgehead atoms. The fourth-order valence-corrected chi connectivity index (χ4v) is 2.67. The lowest BCUT2D eigenvalue weighted by Crippen LogP contribution is -2.23. The number of allylic oxidation sites excluding steroid dienone is 2. The third kappa shape index (κ3) is 6.11. The molecular weight excluding hydrogens is 385 g/mol. The number of nitrogens with zero attached hydrogens (tertiary/aromatic N) is 4. The zero-order valence-electron chi connectivity index (χ0n) is 16.4. The molecule has 0 saturated heterocycles. The van der Waals surface area contributed by atoms with Crippen molar-refractivity contribution in [2.24, 2.45) is 5.92 Å². The quantitative estimate of drug-likeness (QED) is 0.679. The van der Waals surface area contributed by atoms with Crippen LogP contribution < -0.4 is 10.6 Å². The minimum absolute atomic E-state index is 0.0107. The van der Waals surface area contributed by atoms with Gasteiger partial charge in [-0.15, -0.1) is 0 Å². The van der Waals surface area contributed by atoms with Crippen molar-refractivity contribution < 1.29 is 17.9 Å². The Balaban J connectivity index is 1.95. The van der Waals surface area contributed by atoms with Gasteiger partial charge in [0, 0.05) is 18.8 Å². The molecule has 1 unspecified atom stereocenters. The highest BCUT2D eigenvalue weighted by molar-refractivity contribution is 5.55. The van der Waals surface area contributed by atoms with Crippen molar-refractivity contribution in [1.29, 1.82) is 0 Å². The molecule has 10 heteroatoms. The Morgan fingerprint density at radius 3 is 2.59 bits per heavy atom. The van der Waals surface area contributed by atoms with E-state index in [1.807, 2.05) is 13.8 Å². The molecule has 3 rings (SSSR count). The molecule has 0 amide bonds. The van der Waals surface area contributed by atoms with E-state index in [1.165, 1.54) is 12.1 Å². The average molecular weight is 408 g/mol. The van der Waals surface area contributed by atoms with Crippen LogP contribution in [-0.2, 0) is 10.9 Å². The third-order valence-electron chi connectivity index (χ3n) is 4.11. The van der Waals surface area contributed by atoms with Crippen LogP contribution in [0.5, 0.6) is 0 Å². The predicted octanol–water partition coefficient (Wildman–Crippen LogP) is 4.12. The van der Waals surface area contributed by atoms with Gasteiger partial charge < -0.3 is 15.4 Å². The summed E-state index contributed by atoms with van der Waals surface area (Å²) in [6.45, 7) is 4.18. The fourth-order valence-electron chi connectivity index (χ4n) is 2.67. The predicted molar refractivity (Wildman–Crippen MR) is 103 cm³/mol. The molecule has 0 aromatic carbocycles. The maximum Gasteiger partial charge on any atom is 0.433 e. The van der Waals surface area contributed by atoms with Crippen LogP contribution in [-0.4, -0.2) is 39.7 Å². The Bertz CT molecular complexity index is 882. The summed E-state index contributed by atoms with van der Waals surface area (Å²) in [6.07, 6.45) is -0.164. The molecule has 2 aromatic rings. The second-order valence-electron chi connectivity index (χ2n) is 7.02. The monoisotopic (exact) mass is 408 g/mol. The smallest absolute Gasteiger partial charge is 0.383 e. The van der Waals surface area contributed by atoms with Crippen molar-refractivity contribution in [3.63, 3.8) is 0 Å². The lowest BCUT2D eigenvalue weighted by atomic mass is 10.3. The van der Waals surface area contributed by atoms with Crippen LogP contribution in [0.3, 0.4) is 0 Å². The SMILES string of the molecule is COCC(C)Nc1nc(NC(C)=CC2CC2)nc(-c2cccc(C(F)(F)F)n2)n1. The molecule has 0 spiro atoms. The van der Waals surface area contributed by atoms with Crippen molar-refractivity contribution >= 4 is 11.9 Å². The van der Waals surface area contributed by atoms with Gasteiger partial charge in [0.1, 0.15) is 11.4 Å². The van der Waals surface area contributed by atoms with Crippen LogP contribution in [0.25, 0.3) is 11.5 Å². The molecule has 2 heterocycles. The highest BCUT2D eigenvalue weighted by atomic mass is 19.4. The molecule has 29 heavy (non-hydrogen) atoms. The van der Waals surface area contributed by atoms with Crippen LogP contribution in [0, 0.1) is 5.92 Å². The van der Waals surface area contributed by atoms with Crippen molar-refractivity contribution in [3.05, 3.63) is 35.7 Å². The number of hydrogen-bond acceptors (Lipinski definition) is 7. The van der Waals surface area contributed by atoms with E-state index in [0.717, 1.165) is 24.6 Å². The molecule has 2 aromatic heterocycles. The summed E-state index contributed by atoms with van der Waals surface area (Å²) in [5.41, 5.74) is -0.119. The first-order valence-electron chi connectivity index (χ1n) is 9.26. The van der Waals surface area contributed by atoms with Gasteiger partial charge in [-0.1, -0.05) is 12.1 Å². The van der Waals surface area contributed by atoms with Gasteiger partial charge >= 0.3 is 6.18 Å². The van der Waals surface area contributed by atoms with Gasteiger partial charge in [0.2, 0.25) is 11.9 Å². The van der Waals surface area contributed by atoms with Gasteiger partial charge in [0.15, 0.2) is 5.82 Å². The molecule has 2 N–H and O–H groups in total. The lowest BCUT2D eigenvalue weighted by Gasteiger charge is -2.15. The molecule has 0 radical (unpaired) electrons. The van der Waals surface area contributed by atoms with E-state index in [1.54, 1.807) is 7.11 Å². The van der Waals surface area contributed by atoms with Crippen molar-refractivity contribution in [1.82, 2.24) is 19.9 Å². The summed E-state index contributed by atoms with van der Waals surface area (Å²) in [4.78, 5) is 16.5. The van der Waals surface area contributed by atoms with Gasteiger partial charge in [-0.25, -0.2) is 4.98 Å². The number of alkyl halides is 3. The average Bonchev–Trinajstić information content (AvgIpc) is 3.45. The second kappa shape index (κ2) is 8.73. The summed E-state index contributed by atoms with van der Waals surface area (Å²) < 4.78 is 44.2.